The summed E-state index contributed by atoms with van der Waals surface area (Å²) in [6, 6.07) is 18.9. The molecule has 1 aliphatic heterocycles. The second-order valence-corrected chi connectivity index (χ2v) is 13.0. The lowest BCUT2D eigenvalue weighted by Crippen LogP contribution is -2.54. The fraction of sp³-hybridized carbons (Fsp3) is 0.289. The molecule has 0 unspecified atom stereocenters. The van der Waals surface area contributed by atoms with Gasteiger partial charge in [0.1, 0.15) is 29.7 Å². The molecular formula is C38H35F2N5O5. The van der Waals surface area contributed by atoms with E-state index in [2.05, 4.69) is 9.83 Å². The van der Waals surface area contributed by atoms with Crippen LogP contribution in [0.1, 0.15) is 54.5 Å². The summed E-state index contributed by atoms with van der Waals surface area (Å²) in [5.74, 6) is -0.706. The molecule has 0 spiro atoms. The number of esters is 1. The van der Waals surface area contributed by atoms with Gasteiger partial charge in [-0.3, -0.25) is 0 Å². The number of methoxy groups -OCH3 is 1. The van der Waals surface area contributed by atoms with Gasteiger partial charge in [0.2, 0.25) is 5.88 Å². The lowest BCUT2D eigenvalue weighted by atomic mass is 10.0. The fourth-order valence-corrected chi connectivity index (χ4v) is 5.71. The molecule has 6 rings (SSSR count). The van der Waals surface area contributed by atoms with Crippen LogP contribution in [0, 0.1) is 18.2 Å². The van der Waals surface area contributed by atoms with E-state index in [4.69, 9.17) is 25.8 Å². The fourth-order valence-electron chi connectivity index (χ4n) is 5.71. The first-order chi connectivity index (χ1) is 23.9. The Morgan fingerprint density at radius 3 is 2.44 bits per heavy atom. The molecule has 256 valence electrons. The summed E-state index contributed by atoms with van der Waals surface area (Å²) in [4.78, 5) is 39.4. The number of aromatic nitrogens is 3. The van der Waals surface area contributed by atoms with E-state index in [9.17, 15) is 14.0 Å². The molecule has 50 heavy (non-hydrogen) atoms. The first-order valence-electron chi connectivity index (χ1n) is 16.0. The van der Waals surface area contributed by atoms with Gasteiger partial charge in [0.25, 0.3) is 0 Å². The van der Waals surface area contributed by atoms with Gasteiger partial charge in [-0.15, -0.1) is 0 Å². The Morgan fingerprint density at radius 1 is 0.980 bits per heavy atom. The van der Waals surface area contributed by atoms with Crippen molar-refractivity contribution < 1.29 is 32.6 Å². The highest BCUT2D eigenvalue weighted by Crippen LogP contribution is 2.29. The summed E-state index contributed by atoms with van der Waals surface area (Å²) in [5, 5.41) is 0. The standard InChI is InChI=1S/C38H35F2N5O5/c1-38(2,3)50-37(47)44-16-15-28(44)21-45-33-18-25(36(46)48-5)12-14-32(33)42-34(45)19-23-9-10-24(17-29(23)39)31-7-6-8-35(43-31)49-22-26-11-13-27(41-4)20-30(26)40/h6-14,17-18,20,28H,15-16,19,21-22H2,1-3,5H3/t28-/m0/s1. The molecule has 10 nitrogen and oxygen atoms in total. The number of nitrogens with zero attached hydrogens (tertiary/aromatic N) is 5. The van der Waals surface area contributed by atoms with Crippen molar-refractivity contribution in [1.82, 2.24) is 19.4 Å². The first-order valence-corrected chi connectivity index (χ1v) is 16.0. The van der Waals surface area contributed by atoms with Crippen LogP contribution in [0.4, 0.5) is 19.3 Å². The minimum atomic E-state index is -0.639. The average molecular weight is 680 g/mol. The van der Waals surface area contributed by atoms with Crippen molar-refractivity contribution in [3.05, 3.63) is 118 Å². The normalized spacial score (nSPS) is 14.2. The number of pyridine rings is 1. The van der Waals surface area contributed by atoms with Gasteiger partial charge in [-0.2, -0.15) is 0 Å². The first kappa shape index (κ1) is 34.0. The second-order valence-electron chi connectivity index (χ2n) is 13.0. The van der Waals surface area contributed by atoms with E-state index in [0.29, 0.717) is 52.3 Å². The van der Waals surface area contributed by atoms with Gasteiger partial charge in [-0.05, 0) is 69.2 Å². The molecule has 3 aromatic carbocycles. The number of hydrogen-bond donors (Lipinski definition) is 0. The number of carbonyl (C=O) groups is 2. The molecule has 3 heterocycles. The summed E-state index contributed by atoms with van der Waals surface area (Å²) < 4.78 is 48.3. The van der Waals surface area contributed by atoms with Crippen LogP contribution in [0.25, 0.3) is 27.1 Å². The highest BCUT2D eigenvalue weighted by atomic mass is 19.1. The van der Waals surface area contributed by atoms with Crippen molar-refractivity contribution in [2.24, 2.45) is 0 Å². The zero-order valence-electron chi connectivity index (χ0n) is 28.1. The highest BCUT2D eigenvalue weighted by molar-refractivity contribution is 5.93. The van der Waals surface area contributed by atoms with Crippen molar-refractivity contribution in [2.75, 3.05) is 13.7 Å². The van der Waals surface area contributed by atoms with Crippen molar-refractivity contribution in [3.63, 3.8) is 0 Å². The molecule has 1 amide bonds. The van der Waals surface area contributed by atoms with E-state index in [0.717, 1.165) is 12.5 Å². The number of ether oxygens (including phenoxy) is 3. The highest BCUT2D eigenvalue weighted by Gasteiger charge is 2.36. The summed E-state index contributed by atoms with van der Waals surface area (Å²) in [5.41, 5.74) is 2.85. The zero-order valence-corrected chi connectivity index (χ0v) is 28.1. The number of benzene rings is 3. The van der Waals surface area contributed by atoms with Gasteiger partial charge >= 0.3 is 12.1 Å². The molecule has 0 aliphatic carbocycles. The molecule has 1 aliphatic rings. The van der Waals surface area contributed by atoms with Gasteiger partial charge in [0, 0.05) is 36.7 Å². The van der Waals surface area contributed by atoms with E-state index >= 15 is 4.39 Å². The third-order valence-electron chi connectivity index (χ3n) is 8.38. The van der Waals surface area contributed by atoms with Crippen LogP contribution in [0.2, 0.25) is 0 Å². The number of carbonyl (C=O) groups excluding carboxylic acids is 2. The van der Waals surface area contributed by atoms with E-state index < -0.39 is 29.3 Å². The molecule has 12 heteroatoms. The van der Waals surface area contributed by atoms with E-state index in [1.165, 1.54) is 25.3 Å². The maximum absolute atomic E-state index is 15.8. The zero-order chi connectivity index (χ0) is 35.6. The largest absolute Gasteiger partial charge is 0.473 e. The van der Waals surface area contributed by atoms with Gasteiger partial charge in [-0.25, -0.2) is 33.2 Å². The van der Waals surface area contributed by atoms with Crippen LogP contribution < -0.4 is 4.74 Å². The molecule has 0 radical (unpaired) electrons. The van der Waals surface area contributed by atoms with E-state index in [1.54, 1.807) is 53.4 Å². The van der Waals surface area contributed by atoms with Crippen molar-refractivity contribution in [2.45, 2.75) is 58.4 Å². The SMILES string of the molecule is [C-]#[N+]c1ccc(COc2cccc(-c3ccc(Cc4nc5ccc(C(=O)OC)cc5n4C[C@@H]4CCN4C(=O)OC(C)(C)C)c(F)c3)n2)c(F)c1. The molecule has 1 saturated heterocycles. The molecule has 1 atom stereocenters. The van der Waals surface area contributed by atoms with Crippen molar-refractivity contribution in [3.8, 4) is 17.1 Å². The monoisotopic (exact) mass is 679 g/mol. The second kappa shape index (κ2) is 14.0. The van der Waals surface area contributed by atoms with Crippen molar-refractivity contribution >= 4 is 28.8 Å². The Labute approximate surface area is 288 Å². The quantitative estimate of drug-likeness (QED) is 0.115. The number of amides is 1. The van der Waals surface area contributed by atoms with Crippen LogP contribution in [0.5, 0.6) is 5.88 Å². The summed E-state index contributed by atoms with van der Waals surface area (Å²) >= 11 is 0. The van der Waals surface area contributed by atoms with E-state index in [-0.39, 0.29) is 36.2 Å². The minimum absolute atomic E-state index is 0.0909. The van der Waals surface area contributed by atoms with Gasteiger partial charge in [0.05, 0.1) is 42.0 Å². The number of likely N-dealkylation sites (tertiary alicyclic amines) is 1. The topological polar surface area (TPSA) is 100 Å². The van der Waals surface area contributed by atoms with Crippen LogP contribution in [0.3, 0.4) is 0 Å². The number of rotatable bonds is 9. The Hall–Kier alpha value is -5.83. The van der Waals surface area contributed by atoms with Gasteiger partial charge in [0.15, 0.2) is 5.69 Å². The Morgan fingerprint density at radius 2 is 1.76 bits per heavy atom. The number of imidazole rings is 1. The third kappa shape index (κ3) is 7.42. The van der Waals surface area contributed by atoms with Crippen LogP contribution in [-0.4, -0.2) is 56.8 Å². The maximum atomic E-state index is 15.8. The lowest BCUT2D eigenvalue weighted by Gasteiger charge is -2.41. The average Bonchev–Trinajstić information content (AvgIpc) is 3.41. The van der Waals surface area contributed by atoms with Crippen LogP contribution in [0.15, 0.2) is 72.8 Å². The maximum Gasteiger partial charge on any atom is 0.410 e. The molecule has 0 saturated carbocycles. The predicted octanol–water partition coefficient (Wildman–Crippen LogP) is 7.89. The summed E-state index contributed by atoms with van der Waals surface area (Å²) in [7, 11) is 1.31. The number of halogens is 2. The molecule has 0 bridgehead atoms. The number of hydrogen-bond acceptors (Lipinski definition) is 7. The van der Waals surface area contributed by atoms with Crippen LogP contribution >= 0.6 is 0 Å². The molecule has 1 fully saturated rings. The lowest BCUT2D eigenvalue weighted by molar-refractivity contribution is -0.00818. The van der Waals surface area contributed by atoms with E-state index in [1.807, 2.05) is 25.3 Å². The minimum Gasteiger partial charge on any atom is -0.473 e. The molecule has 2 aromatic heterocycles. The van der Waals surface area contributed by atoms with Crippen LogP contribution in [-0.2, 0) is 29.0 Å². The summed E-state index contributed by atoms with van der Waals surface area (Å²) in [6.45, 7) is 13.3. The van der Waals surface area contributed by atoms with Crippen molar-refractivity contribution in [1.29, 1.82) is 0 Å². The Kier molecular flexibility index (Phi) is 9.50. The Bertz CT molecular complexity index is 2130. The number of fused-ring (bicyclic) bond motifs is 1. The summed E-state index contributed by atoms with van der Waals surface area (Å²) in [6.07, 6.45) is 0.487. The molecule has 0 N–H and O–H groups in total. The predicted molar refractivity (Wildman–Crippen MR) is 182 cm³/mol. The molecular weight excluding hydrogens is 644 g/mol. The van der Waals surface area contributed by atoms with Gasteiger partial charge < -0.3 is 23.7 Å². The van der Waals surface area contributed by atoms with Gasteiger partial charge in [-0.1, -0.05) is 30.3 Å². The third-order valence-corrected chi connectivity index (χ3v) is 8.38. The smallest absolute Gasteiger partial charge is 0.410 e. The Balaban J connectivity index is 1.24. The molecule has 5 aromatic rings.